The molecule has 0 aromatic carbocycles. The van der Waals surface area contributed by atoms with Crippen molar-refractivity contribution < 1.29 is 47.4 Å². The van der Waals surface area contributed by atoms with Crippen LogP contribution in [0, 0.1) is 0 Å². The van der Waals surface area contributed by atoms with Crippen molar-refractivity contribution in [1.82, 2.24) is 0 Å². The van der Waals surface area contributed by atoms with Gasteiger partial charge in [0.15, 0.2) is 5.78 Å². The van der Waals surface area contributed by atoms with E-state index in [9.17, 15) is 22.8 Å². The molecule has 0 spiro atoms. The first-order valence-electron chi connectivity index (χ1n) is 6.36. The van der Waals surface area contributed by atoms with Crippen LogP contribution in [0.4, 0.5) is 0 Å². The number of aliphatic hydroxyl groups excluding tert-OH is 4. The highest BCUT2D eigenvalue weighted by Gasteiger charge is 2.30. The average Bonchev–Trinajstić information content (AvgIpc) is 2.40. The maximum Gasteiger partial charge on any atom is 0.355 e. The fourth-order valence-corrected chi connectivity index (χ4v) is 1.20. The Kier molecular flexibility index (Phi) is 16.7. The highest BCUT2D eigenvalue weighted by molar-refractivity contribution is 8.09. The lowest BCUT2D eigenvalue weighted by atomic mass is 10.1. The summed E-state index contributed by atoms with van der Waals surface area (Å²) in [5.41, 5.74) is 0. The first kappa shape index (κ1) is 27.9. The van der Waals surface area contributed by atoms with E-state index in [-0.39, 0.29) is 11.6 Å². The molecule has 0 aliphatic heterocycles. The fraction of sp³-hybridized carbons (Fsp3) is 0.750. The molecule has 0 rings (SSSR count). The normalized spacial score (nSPS) is 14.0. The van der Waals surface area contributed by atoms with Gasteiger partial charge in [0, 0.05) is 10.7 Å². The van der Waals surface area contributed by atoms with Crippen molar-refractivity contribution in [1.29, 1.82) is 0 Å². The predicted molar refractivity (Wildman–Crippen MR) is 83.5 cm³/mol. The monoisotopic (exact) mass is 394 g/mol. The zero-order chi connectivity index (χ0) is 20.1. The third kappa shape index (κ3) is 23.3. The van der Waals surface area contributed by atoms with Crippen molar-refractivity contribution in [2.45, 2.75) is 46.0 Å². The zero-order valence-electron chi connectivity index (χ0n) is 13.7. The highest BCUT2D eigenvalue weighted by Crippen LogP contribution is 2.06. The van der Waals surface area contributed by atoms with Gasteiger partial charge in [0.1, 0.15) is 36.5 Å². The number of ketones is 3. The van der Waals surface area contributed by atoms with E-state index in [0.29, 0.717) is 0 Å². The summed E-state index contributed by atoms with van der Waals surface area (Å²) in [5.74, 6) is -0.791. The Labute approximate surface area is 144 Å². The molecule has 4 N–H and O–H groups in total. The van der Waals surface area contributed by atoms with Gasteiger partial charge in [-0.15, -0.1) is 0 Å². The van der Waals surface area contributed by atoms with Gasteiger partial charge in [0.25, 0.3) is 0 Å². The zero-order valence-corrected chi connectivity index (χ0v) is 15.2. The van der Waals surface area contributed by atoms with E-state index in [1.165, 1.54) is 27.7 Å². The average molecular weight is 395 g/mol. The van der Waals surface area contributed by atoms with Gasteiger partial charge in [-0.2, -0.15) is 8.42 Å². The third-order valence-corrected chi connectivity index (χ3v) is 2.27. The molecule has 10 nitrogen and oxygen atoms in total. The number of hydrogen-bond acceptors (Lipinski definition) is 10. The molecule has 0 aromatic heterocycles. The first-order valence-corrected chi connectivity index (χ1v) is 8.60. The Morgan fingerprint density at radius 2 is 1.33 bits per heavy atom. The molecule has 12 heteroatoms. The van der Waals surface area contributed by atoms with Gasteiger partial charge in [-0.1, -0.05) is 0 Å². The lowest BCUT2D eigenvalue weighted by molar-refractivity contribution is -0.142. The SMILES string of the molecule is CC(C)=O.CC(C)=O.O=C(CO)[C@@H](O)[C@H](O)[C@H](O)COS(=O)(=O)Cl. The number of Topliss-reactive ketones (excluding diaryl/α,β-unsaturated/α-hetero) is 3. The molecule has 0 aromatic rings. The second-order valence-corrected chi connectivity index (χ2v) is 6.78. The Morgan fingerprint density at radius 3 is 1.58 bits per heavy atom. The summed E-state index contributed by atoms with van der Waals surface area (Å²) in [4.78, 5) is 29.6. The van der Waals surface area contributed by atoms with E-state index in [1.54, 1.807) is 0 Å². The Balaban J connectivity index is -0.000000457. The molecule has 0 heterocycles. The van der Waals surface area contributed by atoms with E-state index >= 15 is 0 Å². The summed E-state index contributed by atoms with van der Waals surface area (Å²) >= 11 is 0. The van der Waals surface area contributed by atoms with Gasteiger partial charge in [-0.3, -0.25) is 8.98 Å². The number of rotatable bonds is 7. The predicted octanol–water partition coefficient (Wildman–Crippen LogP) is -1.68. The maximum absolute atomic E-state index is 10.7. The Morgan fingerprint density at radius 1 is 1.00 bits per heavy atom. The molecule has 0 saturated carbocycles. The van der Waals surface area contributed by atoms with Crippen LogP contribution in [-0.4, -0.2) is 77.7 Å². The molecule has 0 bridgehead atoms. The number of hydrogen-bond donors (Lipinski definition) is 4. The van der Waals surface area contributed by atoms with Crippen LogP contribution in [-0.2, 0) is 27.9 Å². The van der Waals surface area contributed by atoms with Crippen molar-refractivity contribution in [3.8, 4) is 0 Å². The van der Waals surface area contributed by atoms with Crippen molar-refractivity contribution in [3.63, 3.8) is 0 Å². The Hall–Kier alpha value is -0.950. The third-order valence-electron chi connectivity index (χ3n) is 1.58. The molecule has 0 unspecified atom stereocenters. The molecule has 0 aliphatic rings. The number of halogens is 1. The summed E-state index contributed by atoms with van der Waals surface area (Å²) in [6.45, 7) is 4.16. The summed E-state index contributed by atoms with van der Waals surface area (Å²) < 4.78 is 24.5. The quantitative estimate of drug-likeness (QED) is 0.365. The fourth-order valence-electron chi connectivity index (χ4n) is 0.744. The van der Waals surface area contributed by atoms with Crippen molar-refractivity contribution in [2.24, 2.45) is 0 Å². The minimum absolute atomic E-state index is 0.167. The standard InChI is InChI=1S/C6H11ClO8S.2C3H6O/c7-16(13,14)15-2-4(10)6(12)5(11)3(9)1-8;2*1-3(2)4/h4-6,8,10-12H,1-2H2;2*1-2H3/t4-,5-,6-;;/m1../s1. The van der Waals surface area contributed by atoms with Crippen LogP contribution in [0.2, 0.25) is 0 Å². The summed E-state index contributed by atoms with van der Waals surface area (Å²) in [7, 11) is 0.320. The van der Waals surface area contributed by atoms with Crippen LogP contribution in [0.5, 0.6) is 0 Å². The minimum Gasteiger partial charge on any atom is -0.388 e. The smallest absolute Gasteiger partial charge is 0.355 e. The topological polar surface area (TPSA) is 175 Å². The molecule has 0 fully saturated rings. The van der Waals surface area contributed by atoms with Gasteiger partial charge in [-0.05, 0) is 27.7 Å². The maximum atomic E-state index is 10.7. The van der Waals surface area contributed by atoms with Crippen LogP contribution in [0.1, 0.15) is 27.7 Å². The molecule has 3 atom stereocenters. The summed E-state index contributed by atoms with van der Waals surface area (Å²) in [5, 5.41) is 35.6. The van der Waals surface area contributed by atoms with Crippen molar-refractivity contribution in [3.05, 3.63) is 0 Å². The second-order valence-electron chi connectivity index (χ2n) is 4.62. The lowest BCUT2D eigenvalue weighted by Gasteiger charge is -2.20. The molecule has 0 radical (unpaired) electrons. The van der Waals surface area contributed by atoms with E-state index in [0.717, 1.165) is 0 Å². The van der Waals surface area contributed by atoms with E-state index in [2.05, 4.69) is 14.9 Å². The summed E-state index contributed by atoms with van der Waals surface area (Å²) in [6.07, 6.45) is -5.88. The summed E-state index contributed by atoms with van der Waals surface area (Å²) in [6, 6.07) is 0. The largest absolute Gasteiger partial charge is 0.388 e. The van der Waals surface area contributed by atoms with E-state index < -0.39 is 46.6 Å². The molecular formula is C12H23ClO10S. The second kappa shape index (κ2) is 14.4. The Bertz CT molecular complexity index is 470. The van der Waals surface area contributed by atoms with Crippen LogP contribution in [0.25, 0.3) is 0 Å². The van der Waals surface area contributed by atoms with Crippen LogP contribution in [0.15, 0.2) is 0 Å². The van der Waals surface area contributed by atoms with Gasteiger partial charge in [0.05, 0.1) is 6.61 Å². The number of carbonyl (C=O) groups is 3. The molecule has 0 aliphatic carbocycles. The van der Waals surface area contributed by atoms with Gasteiger partial charge >= 0.3 is 9.33 Å². The molecule has 0 amide bonds. The number of aliphatic hydroxyl groups is 4. The van der Waals surface area contributed by atoms with Crippen molar-refractivity contribution in [2.75, 3.05) is 13.2 Å². The minimum atomic E-state index is -4.32. The van der Waals surface area contributed by atoms with Crippen LogP contribution >= 0.6 is 10.7 Å². The van der Waals surface area contributed by atoms with Crippen molar-refractivity contribution >= 4 is 37.4 Å². The lowest BCUT2D eigenvalue weighted by Crippen LogP contribution is -2.45. The van der Waals surface area contributed by atoms with E-state index in [1.807, 2.05) is 0 Å². The highest BCUT2D eigenvalue weighted by atomic mass is 35.7. The van der Waals surface area contributed by atoms with Gasteiger partial charge in [-0.25, -0.2) is 0 Å². The van der Waals surface area contributed by atoms with Gasteiger partial charge < -0.3 is 30.0 Å². The molecular weight excluding hydrogens is 372 g/mol. The molecule has 24 heavy (non-hydrogen) atoms. The van der Waals surface area contributed by atoms with Crippen LogP contribution in [0.3, 0.4) is 0 Å². The molecule has 0 saturated heterocycles. The molecule has 144 valence electrons. The van der Waals surface area contributed by atoms with Crippen LogP contribution < -0.4 is 0 Å². The first-order chi connectivity index (χ1) is 10.7. The number of carbonyl (C=O) groups excluding carboxylic acids is 3. The van der Waals surface area contributed by atoms with Gasteiger partial charge in [0.2, 0.25) is 0 Å². The van der Waals surface area contributed by atoms with E-state index in [4.69, 9.17) is 20.4 Å².